The Labute approximate surface area is 110 Å². The largest absolute Gasteiger partial charge is 0.462 e. The van der Waals surface area contributed by atoms with Crippen LogP contribution < -0.4 is 0 Å². The maximum absolute atomic E-state index is 13.2. The molecular formula is C12H19F3O4. The summed E-state index contributed by atoms with van der Waals surface area (Å²) in [4.78, 5) is 21.8. The van der Waals surface area contributed by atoms with Crippen molar-refractivity contribution in [2.75, 3.05) is 0 Å². The Kier molecular flexibility index (Phi) is 6.32. The van der Waals surface area contributed by atoms with Crippen LogP contribution in [0.3, 0.4) is 0 Å². The first kappa shape index (κ1) is 17.7. The van der Waals surface area contributed by atoms with Crippen LogP contribution in [-0.2, 0) is 19.1 Å². The van der Waals surface area contributed by atoms with Crippen molar-refractivity contribution in [3.8, 4) is 0 Å². The molecule has 0 aliphatic carbocycles. The standard InChI is InChI=1S/C12H19F3O4/c1-5-10(18-8(3)16)7-11(6-2,12(13,14)15)19-9(4)17/h10H,5-7H2,1-4H3. The molecule has 0 aliphatic heterocycles. The van der Waals surface area contributed by atoms with Gasteiger partial charge in [0.05, 0.1) is 0 Å². The molecule has 0 amide bonds. The first-order chi connectivity index (χ1) is 8.58. The summed E-state index contributed by atoms with van der Waals surface area (Å²) in [5.74, 6) is -1.68. The van der Waals surface area contributed by atoms with Crippen LogP contribution >= 0.6 is 0 Å². The van der Waals surface area contributed by atoms with Crippen LogP contribution in [0, 0.1) is 0 Å². The van der Waals surface area contributed by atoms with E-state index in [1.165, 1.54) is 6.92 Å². The Balaban J connectivity index is 5.22. The van der Waals surface area contributed by atoms with E-state index in [2.05, 4.69) is 4.74 Å². The Morgan fingerprint density at radius 1 is 1.11 bits per heavy atom. The molecule has 0 aromatic rings. The summed E-state index contributed by atoms with van der Waals surface area (Å²) in [5.41, 5.74) is -2.62. The van der Waals surface area contributed by atoms with Gasteiger partial charge in [0.25, 0.3) is 0 Å². The fraction of sp³-hybridized carbons (Fsp3) is 0.833. The lowest BCUT2D eigenvalue weighted by Gasteiger charge is -2.36. The van der Waals surface area contributed by atoms with Gasteiger partial charge < -0.3 is 9.47 Å². The van der Waals surface area contributed by atoms with Crippen LogP contribution in [0.5, 0.6) is 0 Å². The Bertz CT molecular complexity index is 327. The number of esters is 2. The van der Waals surface area contributed by atoms with E-state index >= 15 is 0 Å². The van der Waals surface area contributed by atoms with E-state index < -0.39 is 42.7 Å². The molecule has 0 N–H and O–H groups in total. The van der Waals surface area contributed by atoms with Gasteiger partial charge in [-0.1, -0.05) is 13.8 Å². The topological polar surface area (TPSA) is 52.6 Å². The molecule has 2 atom stereocenters. The Morgan fingerprint density at radius 3 is 1.89 bits per heavy atom. The first-order valence-corrected chi connectivity index (χ1v) is 6.01. The van der Waals surface area contributed by atoms with Crippen molar-refractivity contribution >= 4 is 11.9 Å². The van der Waals surface area contributed by atoms with E-state index in [1.807, 2.05) is 0 Å². The van der Waals surface area contributed by atoms with Gasteiger partial charge in [0, 0.05) is 20.3 Å². The molecular weight excluding hydrogens is 265 g/mol. The molecule has 7 heteroatoms. The molecule has 0 radical (unpaired) electrons. The summed E-state index contributed by atoms with van der Waals surface area (Å²) >= 11 is 0. The average Bonchev–Trinajstić information content (AvgIpc) is 2.24. The molecule has 112 valence electrons. The number of halogens is 3. The van der Waals surface area contributed by atoms with Gasteiger partial charge in [0.2, 0.25) is 5.60 Å². The second-order valence-electron chi connectivity index (χ2n) is 4.28. The molecule has 0 rings (SSSR count). The van der Waals surface area contributed by atoms with Crippen molar-refractivity contribution in [3.05, 3.63) is 0 Å². The summed E-state index contributed by atoms with van der Waals surface area (Å²) < 4.78 is 48.8. The van der Waals surface area contributed by atoms with Crippen LogP contribution in [0.2, 0.25) is 0 Å². The molecule has 0 aliphatic rings. The molecule has 0 saturated carbocycles. The fourth-order valence-electron chi connectivity index (χ4n) is 1.78. The number of ether oxygens (including phenoxy) is 2. The molecule has 0 aromatic carbocycles. The van der Waals surface area contributed by atoms with Crippen molar-refractivity contribution in [2.45, 2.75) is 64.8 Å². The molecule has 19 heavy (non-hydrogen) atoms. The third-order valence-corrected chi connectivity index (χ3v) is 2.77. The molecule has 0 aromatic heterocycles. The normalized spacial score (nSPS) is 16.4. The number of rotatable bonds is 6. The molecule has 0 saturated heterocycles. The van der Waals surface area contributed by atoms with Crippen LogP contribution in [0.25, 0.3) is 0 Å². The average molecular weight is 284 g/mol. The molecule has 2 unspecified atom stereocenters. The molecule has 0 bridgehead atoms. The van der Waals surface area contributed by atoms with Gasteiger partial charge in [0.15, 0.2) is 0 Å². The second-order valence-corrected chi connectivity index (χ2v) is 4.28. The number of hydrogen-bond acceptors (Lipinski definition) is 4. The van der Waals surface area contributed by atoms with Crippen molar-refractivity contribution in [2.24, 2.45) is 0 Å². The fourth-order valence-corrected chi connectivity index (χ4v) is 1.78. The zero-order valence-corrected chi connectivity index (χ0v) is 11.5. The zero-order chi connectivity index (χ0) is 15.3. The highest BCUT2D eigenvalue weighted by molar-refractivity contribution is 5.67. The minimum atomic E-state index is -4.72. The minimum Gasteiger partial charge on any atom is -0.462 e. The van der Waals surface area contributed by atoms with E-state index in [1.54, 1.807) is 6.92 Å². The predicted octanol–water partition coefficient (Wildman–Crippen LogP) is 2.99. The van der Waals surface area contributed by atoms with Crippen molar-refractivity contribution in [1.29, 1.82) is 0 Å². The molecule has 4 nitrogen and oxygen atoms in total. The van der Waals surface area contributed by atoms with Crippen LogP contribution in [-0.4, -0.2) is 29.8 Å². The predicted molar refractivity (Wildman–Crippen MR) is 61.3 cm³/mol. The van der Waals surface area contributed by atoms with Crippen LogP contribution in [0.1, 0.15) is 47.0 Å². The van der Waals surface area contributed by atoms with Crippen molar-refractivity contribution in [3.63, 3.8) is 0 Å². The smallest absolute Gasteiger partial charge is 0.428 e. The Morgan fingerprint density at radius 2 is 1.63 bits per heavy atom. The Hall–Kier alpha value is -1.27. The summed E-state index contributed by atoms with van der Waals surface area (Å²) in [6.07, 6.45) is -6.49. The van der Waals surface area contributed by atoms with Gasteiger partial charge in [0.1, 0.15) is 6.10 Å². The summed E-state index contributed by atoms with van der Waals surface area (Å²) in [7, 11) is 0. The highest BCUT2D eigenvalue weighted by atomic mass is 19.4. The van der Waals surface area contributed by atoms with E-state index in [0.29, 0.717) is 0 Å². The van der Waals surface area contributed by atoms with E-state index in [9.17, 15) is 22.8 Å². The quantitative estimate of drug-likeness (QED) is 0.704. The SMILES string of the molecule is CCC(CC(CC)(OC(C)=O)C(F)(F)F)OC(C)=O. The lowest BCUT2D eigenvalue weighted by atomic mass is 9.91. The molecule has 0 heterocycles. The van der Waals surface area contributed by atoms with Gasteiger partial charge in [-0.05, 0) is 12.8 Å². The van der Waals surface area contributed by atoms with Gasteiger partial charge in [-0.2, -0.15) is 13.2 Å². The second kappa shape index (κ2) is 6.77. The monoisotopic (exact) mass is 284 g/mol. The van der Waals surface area contributed by atoms with E-state index in [0.717, 1.165) is 13.8 Å². The van der Waals surface area contributed by atoms with Crippen molar-refractivity contribution in [1.82, 2.24) is 0 Å². The third kappa shape index (κ3) is 5.08. The number of hydrogen-bond donors (Lipinski definition) is 0. The zero-order valence-electron chi connectivity index (χ0n) is 11.5. The lowest BCUT2D eigenvalue weighted by molar-refractivity contribution is -0.278. The summed E-state index contributed by atoms with van der Waals surface area (Å²) in [6, 6.07) is 0. The van der Waals surface area contributed by atoms with Gasteiger partial charge >= 0.3 is 18.1 Å². The first-order valence-electron chi connectivity index (χ1n) is 6.01. The minimum absolute atomic E-state index is 0.207. The van der Waals surface area contributed by atoms with Gasteiger partial charge in [-0.3, -0.25) is 9.59 Å². The van der Waals surface area contributed by atoms with Gasteiger partial charge in [-0.15, -0.1) is 0 Å². The maximum atomic E-state index is 13.2. The summed E-state index contributed by atoms with van der Waals surface area (Å²) in [5, 5.41) is 0. The lowest BCUT2D eigenvalue weighted by Crippen LogP contribution is -2.50. The van der Waals surface area contributed by atoms with E-state index in [-0.39, 0.29) is 6.42 Å². The molecule has 0 fully saturated rings. The van der Waals surface area contributed by atoms with Crippen LogP contribution in [0.4, 0.5) is 13.2 Å². The highest BCUT2D eigenvalue weighted by Gasteiger charge is 2.57. The van der Waals surface area contributed by atoms with E-state index in [4.69, 9.17) is 4.74 Å². The number of carbonyl (C=O) groups is 2. The summed E-state index contributed by atoms with van der Waals surface area (Å²) in [6.45, 7) is 4.91. The third-order valence-electron chi connectivity index (χ3n) is 2.77. The number of carbonyl (C=O) groups excluding carboxylic acids is 2. The number of alkyl halides is 3. The van der Waals surface area contributed by atoms with Crippen molar-refractivity contribution < 1.29 is 32.2 Å². The van der Waals surface area contributed by atoms with Crippen LogP contribution in [0.15, 0.2) is 0 Å². The van der Waals surface area contributed by atoms with Gasteiger partial charge in [-0.25, -0.2) is 0 Å². The highest BCUT2D eigenvalue weighted by Crippen LogP contribution is 2.41. The maximum Gasteiger partial charge on any atom is 0.428 e. The molecule has 0 spiro atoms.